The van der Waals surface area contributed by atoms with Gasteiger partial charge in [0.15, 0.2) is 11.5 Å². The molecule has 0 radical (unpaired) electrons. The third-order valence-corrected chi connectivity index (χ3v) is 2.88. The Hall–Kier alpha value is -1.24. The lowest BCUT2D eigenvalue weighted by Gasteiger charge is -2.21. The van der Waals surface area contributed by atoms with E-state index in [0.29, 0.717) is 0 Å². The molecule has 0 aromatic heterocycles. The van der Waals surface area contributed by atoms with Crippen LogP contribution < -0.4 is 0 Å². The fourth-order valence-corrected chi connectivity index (χ4v) is 2.15. The third kappa shape index (κ3) is 0.873. The smallest absolute Gasteiger partial charge is 0.173 e. The molecule has 0 atom stereocenters. The molecule has 13 heavy (non-hydrogen) atoms. The predicted molar refractivity (Wildman–Crippen MR) is 51.9 cm³/mol. The summed E-state index contributed by atoms with van der Waals surface area (Å²) in [6.07, 6.45) is 1.10. The van der Waals surface area contributed by atoms with E-state index >= 15 is 0 Å². The van der Waals surface area contributed by atoms with Crippen LogP contribution >= 0.6 is 0 Å². The van der Waals surface area contributed by atoms with E-state index in [1.165, 1.54) is 16.9 Å². The van der Waals surface area contributed by atoms with Crippen LogP contribution in [0.25, 0.3) is 5.76 Å². The van der Waals surface area contributed by atoms with Gasteiger partial charge in [0.1, 0.15) is 0 Å². The summed E-state index contributed by atoms with van der Waals surface area (Å²) in [5, 5.41) is 0. The highest BCUT2D eigenvalue weighted by atomic mass is 16.6. The van der Waals surface area contributed by atoms with Crippen molar-refractivity contribution in [2.75, 3.05) is 0 Å². The van der Waals surface area contributed by atoms with E-state index in [0.717, 1.165) is 12.2 Å². The third-order valence-electron chi connectivity index (χ3n) is 2.88. The van der Waals surface area contributed by atoms with E-state index in [9.17, 15) is 0 Å². The van der Waals surface area contributed by atoms with Gasteiger partial charge in [-0.3, -0.25) is 0 Å². The number of hydrogen-bond acceptors (Lipinski definition) is 1. The van der Waals surface area contributed by atoms with Crippen molar-refractivity contribution in [3.8, 4) is 0 Å². The average Bonchev–Trinajstić information content (AvgIpc) is 2.83. The van der Waals surface area contributed by atoms with Crippen molar-refractivity contribution >= 4 is 5.76 Å². The van der Waals surface area contributed by atoms with Crippen LogP contribution in [0.3, 0.4) is 0 Å². The molecular formula is C12H12O. The molecule has 1 aromatic carbocycles. The molecule has 1 heteroatoms. The van der Waals surface area contributed by atoms with E-state index < -0.39 is 0 Å². The second-order valence-corrected chi connectivity index (χ2v) is 4.48. The maximum atomic E-state index is 5.55. The van der Waals surface area contributed by atoms with Gasteiger partial charge in [-0.15, -0.1) is 0 Å². The van der Waals surface area contributed by atoms with Crippen LogP contribution in [-0.2, 0) is 11.2 Å². The zero-order valence-electron chi connectivity index (χ0n) is 7.92. The normalized spacial score (nSPS) is 21.7. The molecule has 0 N–H and O–H groups in total. The number of allylic oxidation sites excluding steroid dienone is 1. The predicted octanol–water partition coefficient (Wildman–Crippen LogP) is 2.97. The molecule has 0 saturated heterocycles. The van der Waals surface area contributed by atoms with Crippen LogP contribution in [0.5, 0.6) is 0 Å². The van der Waals surface area contributed by atoms with E-state index in [1.54, 1.807) is 0 Å². The van der Waals surface area contributed by atoms with E-state index in [-0.39, 0.29) is 5.41 Å². The van der Waals surface area contributed by atoms with Gasteiger partial charge in [0.05, 0.1) is 0 Å². The van der Waals surface area contributed by atoms with Crippen molar-refractivity contribution in [3.63, 3.8) is 0 Å². The van der Waals surface area contributed by atoms with Crippen LogP contribution in [0.1, 0.15) is 25.0 Å². The average molecular weight is 172 g/mol. The molecule has 0 spiro atoms. The van der Waals surface area contributed by atoms with Gasteiger partial charge in [-0.2, -0.15) is 0 Å². The highest BCUT2D eigenvalue weighted by molar-refractivity contribution is 5.77. The summed E-state index contributed by atoms with van der Waals surface area (Å²) < 4.78 is 5.55. The molecule has 0 saturated carbocycles. The Bertz CT molecular complexity index is 413. The molecule has 66 valence electrons. The van der Waals surface area contributed by atoms with Gasteiger partial charge in [0, 0.05) is 11.0 Å². The van der Waals surface area contributed by atoms with Crippen LogP contribution in [0.15, 0.2) is 30.0 Å². The maximum absolute atomic E-state index is 5.55. The Morgan fingerprint density at radius 3 is 2.85 bits per heavy atom. The summed E-state index contributed by atoms with van der Waals surface area (Å²) in [5.41, 5.74) is 2.93. The van der Waals surface area contributed by atoms with Crippen molar-refractivity contribution in [1.29, 1.82) is 0 Å². The van der Waals surface area contributed by atoms with Crippen LogP contribution in [0, 0.1) is 5.41 Å². The minimum atomic E-state index is 0.212. The van der Waals surface area contributed by atoms with Crippen LogP contribution in [0.2, 0.25) is 0 Å². The van der Waals surface area contributed by atoms with Crippen LogP contribution in [0.4, 0.5) is 0 Å². The van der Waals surface area contributed by atoms with Crippen molar-refractivity contribution in [1.82, 2.24) is 0 Å². The van der Waals surface area contributed by atoms with Crippen molar-refractivity contribution in [3.05, 3.63) is 41.2 Å². The number of benzene rings is 1. The first kappa shape index (κ1) is 7.19. The summed E-state index contributed by atoms with van der Waals surface area (Å²) >= 11 is 0. The van der Waals surface area contributed by atoms with Crippen LogP contribution in [-0.4, -0.2) is 0 Å². The molecule has 2 aliphatic rings. The molecule has 3 rings (SSSR count). The number of fused-ring (bicyclic) bond motifs is 2. The molecule has 1 aromatic rings. The first-order chi connectivity index (χ1) is 6.18. The summed E-state index contributed by atoms with van der Waals surface area (Å²) in [5.74, 6) is 2.33. The fraction of sp³-hybridized carbons (Fsp3) is 0.333. The van der Waals surface area contributed by atoms with Crippen molar-refractivity contribution in [2.45, 2.75) is 20.3 Å². The molecular weight excluding hydrogens is 160 g/mol. The van der Waals surface area contributed by atoms with Gasteiger partial charge in [0.25, 0.3) is 0 Å². The minimum Gasteiger partial charge on any atom is -0.453 e. The summed E-state index contributed by atoms with van der Waals surface area (Å²) in [6.45, 7) is 4.48. The zero-order valence-corrected chi connectivity index (χ0v) is 7.92. The summed E-state index contributed by atoms with van der Waals surface area (Å²) in [6, 6.07) is 8.52. The Morgan fingerprint density at radius 2 is 2.00 bits per heavy atom. The Labute approximate surface area is 78.0 Å². The quantitative estimate of drug-likeness (QED) is 0.586. The van der Waals surface area contributed by atoms with Gasteiger partial charge >= 0.3 is 0 Å². The standard InChI is InChI=1S/C12H12O/c1-12(2)7-8-5-3-4-6-9(8)10-11(12)13-10/h3-6H,7H2,1-2H3. The first-order valence-electron chi connectivity index (χ1n) is 4.69. The molecule has 1 heterocycles. The van der Waals surface area contributed by atoms with Gasteiger partial charge in [-0.1, -0.05) is 38.1 Å². The minimum absolute atomic E-state index is 0.212. The second kappa shape index (κ2) is 1.98. The Morgan fingerprint density at radius 1 is 1.23 bits per heavy atom. The second-order valence-electron chi connectivity index (χ2n) is 4.48. The fourth-order valence-electron chi connectivity index (χ4n) is 2.15. The molecule has 0 amide bonds. The lowest BCUT2D eigenvalue weighted by Crippen LogP contribution is -2.16. The molecule has 0 bridgehead atoms. The number of rotatable bonds is 0. The molecule has 0 fully saturated rings. The number of ether oxygens (including phenoxy) is 1. The van der Waals surface area contributed by atoms with Gasteiger partial charge in [-0.05, 0) is 12.0 Å². The molecule has 1 aliphatic carbocycles. The molecule has 1 aliphatic heterocycles. The number of hydrogen-bond donors (Lipinski definition) is 0. The lowest BCUT2D eigenvalue weighted by atomic mass is 9.79. The maximum Gasteiger partial charge on any atom is 0.173 e. The molecule has 1 nitrogen and oxygen atoms in total. The van der Waals surface area contributed by atoms with Gasteiger partial charge in [-0.25, -0.2) is 0 Å². The SMILES string of the molecule is CC1(C)Cc2ccccc2C2=C1O2. The summed E-state index contributed by atoms with van der Waals surface area (Å²) in [7, 11) is 0. The van der Waals surface area contributed by atoms with Crippen molar-refractivity contribution in [2.24, 2.45) is 5.41 Å². The zero-order chi connectivity index (χ0) is 9.05. The van der Waals surface area contributed by atoms with Gasteiger partial charge in [0.2, 0.25) is 0 Å². The highest BCUT2D eigenvalue weighted by Gasteiger charge is 2.44. The Kier molecular flexibility index (Phi) is 1.09. The Balaban J connectivity index is 2.21. The largest absolute Gasteiger partial charge is 0.453 e. The van der Waals surface area contributed by atoms with E-state index in [1.807, 2.05) is 0 Å². The molecule has 0 unspecified atom stereocenters. The topological polar surface area (TPSA) is 12.5 Å². The van der Waals surface area contributed by atoms with Crippen molar-refractivity contribution < 1.29 is 4.74 Å². The monoisotopic (exact) mass is 172 g/mol. The highest BCUT2D eigenvalue weighted by Crippen LogP contribution is 2.53. The summed E-state index contributed by atoms with van der Waals surface area (Å²) in [4.78, 5) is 0. The van der Waals surface area contributed by atoms with E-state index in [2.05, 4.69) is 38.1 Å². The lowest BCUT2D eigenvalue weighted by molar-refractivity contribution is 0.347. The van der Waals surface area contributed by atoms with Gasteiger partial charge < -0.3 is 4.74 Å². The first-order valence-corrected chi connectivity index (χ1v) is 4.69. The van der Waals surface area contributed by atoms with E-state index in [4.69, 9.17) is 4.74 Å².